The van der Waals surface area contributed by atoms with Gasteiger partial charge in [0.1, 0.15) is 0 Å². The minimum atomic E-state index is -0.380. The number of benzene rings is 2. The maximum Gasteiger partial charge on any atom is 0.337 e. The van der Waals surface area contributed by atoms with E-state index in [1.165, 1.54) is 18.9 Å². The van der Waals surface area contributed by atoms with Crippen LogP contribution in [0.1, 0.15) is 15.9 Å². The highest BCUT2D eigenvalue weighted by Crippen LogP contribution is 2.24. The van der Waals surface area contributed by atoms with Crippen molar-refractivity contribution in [2.75, 3.05) is 12.9 Å². The van der Waals surface area contributed by atoms with E-state index in [1.54, 1.807) is 24.3 Å². The molecule has 0 aliphatic carbocycles. The molecule has 1 amide bonds. The third-order valence-corrected chi connectivity index (χ3v) is 5.10. The van der Waals surface area contributed by atoms with E-state index in [2.05, 4.69) is 21.6 Å². The molecule has 144 valence electrons. The van der Waals surface area contributed by atoms with Crippen molar-refractivity contribution in [3.8, 4) is 0 Å². The fourth-order valence-electron chi connectivity index (χ4n) is 2.73. The van der Waals surface area contributed by atoms with Gasteiger partial charge in [0.05, 0.1) is 29.5 Å². The maximum atomic E-state index is 12.2. The molecule has 0 unspecified atom stereocenters. The summed E-state index contributed by atoms with van der Waals surface area (Å²) in [7, 11) is 1.34. The highest BCUT2D eigenvalue weighted by Gasteiger charge is 2.12. The monoisotopic (exact) mass is 395 g/mol. The lowest BCUT2D eigenvalue weighted by molar-refractivity contribution is -0.118. The van der Waals surface area contributed by atoms with E-state index in [9.17, 15) is 9.59 Å². The number of carbonyl (C=O) groups is 2. The van der Waals surface area contributed by atoms with Crippen LogP contribution in [0.5, 0.6) is 0 Å². The van der Waals surface area contributed by atoms with Crippen LogP contribution < -0.4 is 5.32 Å². The summed E-state index contributed by atoms with van der Waals surface area (Å²) in [5.74, 6) is -0.200. The Balaban J connectivity index is 1.57. The lowest BCUT2D eigenvalue weighted by Crippen LogP contribution is -2.24. The van der Waals surface area contributed by atoms with E-state index in [0.29, 0.717) is 18.7 Å². The molecule has 28 heavy (non-hydrogen) atoms. The molecule has 1 heterocycles. The second kappa shape index (κ2) is 9.23. The van der Waals surface area contributed by atoms with Crippen LogP contribution in [0.25, 0.3) is 11.0 Å². The quantitative estimate of drug-likeness (QED) is 0.359. The molecule has 2 aromatic carbocycles. The van der Waals surface area contributed by atoms with Crippen LogP contribution in [0.15, 0.2) is 66.3 Å². The number of esters is 1. The third kappa shape index (κ3) is 4.61. The lowest BCUT2D eigenvalue weighted by Gasteiger charge is -2.07. The molecule has 0 saturated carbocycles. The molecule has 0 aliphatic rings. The molecule has 6 nitrogen and oxygen atoms in total. The summed E-state index contributed by atoms with van der Waals surface area (Å²) in [6.07, 6.45) is 1.82. The van der Waals surface area contributed by atoms with Gasteiger partial charge in [0, 0.05) is 13.1 Å². The Bertz CT molecular complexity index is 996. The van der Waals surface area contributed by atoms with Crippen molar-refractivity contribution in [3.63, 3.8) is 0 Å². The molecule has 0 spiro atoms. The first-order valence-electron chi connectivity index (χ1n) is 8.75. The van der Waals surface area contributed by atoms with Gasteiger partial charge in [-0.15, -0.1) is 6.58 Å². The number of thioether (sulfide) groups is 1. The van der Waals surface area contributed by atoms with E-state index in [0.717, 1.165) is 21.8 Å². The van der Waals surface area contributed by atoms with Crippen molar-refractivity contribution >= 4 is 34.7 Å². The topological polar surface area (TPSA) is 73.2 Å². The molecule has 7 heteroatoms. The predicted octanol–water partition coefficient (Wildman–Crippen LogP) is 3.42. The number of aromatic nitrogens is 2. The molecule has 0 radical (unpaired) electrons. The van der Waals surface area contributed by atoms with Gasteiger partial charge in [-0.25, -0.2) is 9.78 Å². The molecule has 0 fully saturated rings. The zero-order valence-corrected chi connectivity index (χ0v) is 16.4. The summed E-state index contributed by atoms with van der Waals surface area (Å²) in [5.41, 5.74) is 3.31. The third-order valence-electron chi connectivity index (χ3n) is 4.13. The number of ether oxygens (including phenoxy) is 1. The Hall–Kier alpha value is -3.06. The van der Waals surface area contributed by atoms with Gasteiger partial charge in [0.25, 0.3) is 0 Å². The molecular weight excluding hydrogens is 374 g/mol. The van der Waals surface area contributed by atoms with Gasteiger partial charge in [-0.05, 0) is 29.8 Å². The number of para-hydroxylation sites is 2. The Kier molecular flexibility index (Phi) is 6.49. The summed E-state index contributed by atoms with van der Waals surface area (Å²) >= 11 is 1.40. The number of imidazole rings is 1. The average Bonchev–Trinajstić information content (AvgIpc) is 3.08. The summed E-state index contributed by atoms with van der Waals surface area (Å²) in [4.78, 5) is 28.3. The summed E-state index contributed by atoms with van der Waals surface area (Å²) in [5, 5.41) is 3.67. The van der Waals surface area contributed by atoms with E-state index in [4.69, 9.17) is 0 Å². The van der Waals surface area contributed by atoms with Crippen LogP contribution >= 0.6 is 11.8 Å². The van der Waals surface area contributed by atoms with E-state index in [-0.39, 0.29) is 17.6 Å². The van der Waals surface area contributed by atoms with Gasteiger partial charge in [-0.1, -0.05) is 42.1 Å². The Morgan fingerprint density at radius 2 is 1.96 bits per heavy atom. The highest BCUT2D eigenvalue weighted by atomic mass is 32.2. The predicted molar refractivity (Wildman–Crippen MR) is 110 cm³/mol. The highest BCUT2D eigenvalue weighted by molar-refractivity contribution is 7.99. The van der Waals surface area contributed by atoms with Crippen LogP contribution in [-0.2, 0) is 22.6 Å². The second-order valence-electron chi connectivity index (χ2n) is 6.04. The largest absolute Gasteiger partial charge is 0.465 e. The minimum absolute atomic E-state index is 0.0840. The van der Waals surface area contributed by atoms with Crippen LogP contribution in [0.2, 0.25) is 0 Å². The van der Waals surface area contributed by atoms with Gasteiger partial charge in [-0.2, -0.15) is 0 Å². The van der Waals surface area contributed by atoms with Gasteiger partial charge in [0.15, 0.2) is 5.16 Å². The van der Waals surface area contributed by atoms with Crippen molar-refractivity contribution in [1.29, 1.82) is 0 Å². The summed E-state index contributed by atoms with van der Waals surface area (Å²) in [6, 6.07) is 14.8. The molecule has 0 saturated heterocycles. The second-order valence-corrected chi connectivity index (χ2v) is 6.98. The van der Waals surface area contributed by atoms with Crippen molar-refractivity contribution in [2.24, 2.45) is 0 Å². The molecule has 0 atom stereocenters. The van der Waals surface area contributed by atoms with Gasteiger partial charge in [-0.3, -0.25) is 4.79 Å². The van der Waals surface area contributed by atoms with Crippen LogP contribution in [0, 0.1) is 0 Å². The maximum absolute atomic E-state index is 12.2. The number of nitrogens with zero attached hydrogens (tertiary/aromatic N) is 2. The molecule has 1 aromatic heterocycles. The molecule has 3 rings (SSSR count). The standard InChI is InChI=1S/C21H21N3O3S/c1-3-12-24-18-7-5-4-6-17(18)23-21(24)28-14-19(25)22-13-15-8-10-16(11-9-15)20(26)27-2/h3-11H,1,12-14H2,2H3,(H,22,25). The first kappa shape index (κ1) is 19.7. The number of nitrogens with one attached hydrogen (secondary N) is 1. The van der Waals surface area contributed by atoms with E-state index < -0.39 is 0 Å². The number of hydrogen-bond donors (Lipinski definition) is 1. The number of carbonyl (C=O) groups excluding carboxylic acids is 2. The first-order chi connectivity index (χ1) is 13.6. The van der Waals surface area contributed by atoms with E-state index >= 15 is 0 Å². The van der Waals surface area contributed by atoms with Crippen LogP contribution in [-0.4, -0.2) is 34.3 Å². The van der Waals surface area contributed by atoms with Crippen molar-refractivity contribution in [3.05, 3.63) is 72.3 Å². The number of fused-ring (bicyclic) bond motifs is 1. The van der Waals surface area contributed by atoms with Gasteiger partial charge < -0.3 is 14.6 Å². The van der Waals surface area contributed by atoms with Crippen molar-refractivity contribution in [1.82, 2.24) is 14.9 Å². The Morgan fingerprint density at radius 3 is 2.68 bits per heavy atom. The minimum Gasteiger partial charge on any atom is -0.465 e. The van der Waals surface area contributed by atoms with Crippen LogP contribution in [0.3, 0.4) is 0 Å². The number of hydrogen-bond acceptors (Lipinski definition) is 5. The van der Waals surface area contributed by atoms with Crippen LogP contribution in [0.4, 0.5) is 0 Å². The fourth-order valence-corrected chi connectivity index (χ4v) is 3.58. The van der Waals surface area contributed by atoms with Crippen molar-refractivity contribution < 1.29 is 14.3 Å². The van der Waals surface area contributed by atoms with E-state index in [1.807, 2.05) is 34.9 Å². The summed E-state index contributed by atoms with van der Waals surface area (Å²) in [6.45, 7) is 4.83. The zero-order chi connectivity index (χ0) is 19.9. The van der Waals surface area contributed by atoms with Gasteiger partial charge in [0.2, 0.25) is 5.91 Å². The number of methoxy groups -OCH3 is 1. The normalized spacial score (nSPS) is 10.6. The molecule has 1 N–H and O–H groups in total. The smallest absolute Gasteiger partial charge is 0.337 e. The molecule has 0 aliphatic heterocycles. The average molecular weight is 395 g/mol. The van der Waals surface area contributed by atoms with Crippen molar-refractivity contribution in [2.45, 2.75) is 18.2 Å². The number of amides is 1. The molecule has 3 aromatic rings. The number of rotatable bonds is 8. The summed E-state index contributed by atoms with van der Waals surface area (Å²) < 4.78 is 6.72. The fraction of sp³-hybridized carbons (Fsp3) is 0.190. The first-order valence-corrected chi connectivity index (χ1v) is 9.74. The SMILES string of the molecule is C=CCn1c(SCC(=O)NCc2ccc(C(=O)OC)cc2)nc2ccccc21. The molecular formula is C21H21N3O3S. The lowest BCUT2D eigenvalue weighted by atomic mass is 10.1. The zero-order valence-electron chi connectivity index (χ0n) is 15.6. The Labute approximate surface area is 167 Å². The molecule has 0 bridgehead atoms. The Morgan fingerprint density at radius 1 is 1.21 bits per heavy atom. The number of allylic oxidation sites excluding steroid dienone is 1. The van der Waals surface area contributed by atoms with Gasteiger partial charge >= 0.3 is 5.97 Å².